The molecule has 2 rings (SSSR count). The number of nitrogens with one attached hydrogen (secondary N) is 1. The van der Waals surface area contributed by atoms with Gasteiger partial charge in [0.2, 0.25) is 0 Å². The maximum Gasteiger partial charge on any atom is 0.270 e. The van der Waals surface area contributed by atoms with Crippen LogP contribution >= 0.6 is 0 Å². The molecule has 1 heterocycles. The number of benzene rings is 1. The van der Waals surface area contributed by atoms with Crippen molar-refractivity contribution in [3.63, 3.8) is 0 Å². The third kappa shape index (κ3) is 4.12. The summed E-state index contributed by atoms with van der Waals surface area (Å²) in [5.41, 5.74) is 2.26. The monoisotopic (exact) mass is 286 g/mol. The first kappa shape index (κ1) is 15.2. The van der Waals surface area contributed by atoms with Crippen molar-refractivity contribution in [3.8, 4) is 0 Å². The van der Waals surface area contributed by atoms with Gasteiger partial charge in [0.1, 0.15) is 11.5 Å². The first-order valence-corrected chi connectivity index (χ1v) is 6.85. The number of aromatic nitrogens is 1. The highest BCUT2D eigenvalue weighted by Gasteiger charge is 2.16. The predicted octanol–water partition coefficient (Wildman–Crippen LogP) is 3.45. The Morgan fingerprint density at radius 2 is 1.86 bits per heavy atom. The predicted molar refractivity (Wildman–Crippen MR) is 80.5 cm³/mol. The lowest BCUT2D eigenvalue weighted by Gasteiger charge is -2.19. The van der Waals surface area contributed by atoms with Gasteiger partial charge in [-0.3, -0.25) is 9.78 Å². The molecule has 1 N–H and O–H groups in total. The van der Waals surface area contributed by atoms with Crippen LogP contribution in [0.5, 0.6) is 0 Å². The number of amides is 1. The first-order valence-electron chi connectivity index (χ1n) is 6.85. The second-order valence-electron chi connectivity index (χ2n) is 5.99. The number of rotatable bonds is 3. The molecule has 1 amide bonds. The molecular formula is C17H19FN2O. The van der Waals surface area contributed by atoms with Crippen molar-refractivity contribution in [1.82, 2.24) is 10.3 Å². The van der Waals surface area contributed by atoms with Gasteiger partial charge in [0.05, 0.1) is 0 Å². The first-order chi connectivity index (χ1) is 9.86. The van der Waals surface area contributed by atoms with Crippen molar-refractivity contribution in [2.24, 2.45) is 0 Å². The number of carbonyl (C=O) groups excluding carboxylic acids is 1. The minimum Gasteiger partial charge on any atom is -0.347 e. The van der Waals surface area contributed by atoms with E-state index in [4.69, 9.17) is 0 Å². The Hall–Kier alpha value is -2.23. The maximum absolute atomic E-state index is 12.8. The van der Waals surface area contributed by atoms with Crippen LogP contribution in [0.1, 0.15) is 42.4 Å². The van der Waals surface area contributed by atoms with Gasteiger partial charge in [0.25, 0.3) is 5.91 Å². The van der Waals surface area contributed by atoms with E-state index in [1.54, 1.807) is 24.4 Å². The summed E-state index contributed by atoms with van der Waals surface area (Å²) in [4.78, 5) is 16.2. The molecule has 110 valence electrons. The standard InChI is InChI=1S/C17H19FN2O/c1-17(2,3)13-8-9-19-15(10-13)16(21)20-11-12-4-6-14(18)7-5-12/h4-10H,11H2,1-3H3,(H,20,21). The molecule has 2 aromatic rings. The fourth-order valence-electron chi connectivity index (χ4n) is 1.90. The summed E-state index contributed by atoms with van der Waals surface area (Å²) in [7, 11) is 0. The fraction of sp³-hybridized carbons (Fsp3) is 0.294. The van der Waals surface area contributed by atoms with Crippen LogP contribution in [0.25, 0.3) is 0 Å². The molecule has 0 saturated carbocycles. The zero-order valence-electron chi connectivity index (χ0n) is 12.5. The maximum atomic E-state index is 12.8. The van der Waals surface area contributed by atoms with Crippen LogP contribution in [0.3, 0.4) is 0 Å². The SMILES string of the molecule is CC(C)(C)c1ccnc(C(=O)NCc2ccc(F)cc2)c1. The molecule has 1 aromatic carbocycles. The second kappa shape index (κ2) is 6.04. The van der Waals surface area contributed by atoms with Crippen molar-refractivity contribution in [2.75, 3.05) is 0 Å². The van der Waals surface area contributed by atoms with E-state index in [0.717, 1.165) is 11.1 Å². The van der Waals surface area contributed by atoms with Gasteiger partial charge >= 0.3 is 0 Å². The van der Waals surface area contributed by atoms with Gasteiger partial charge in [-0.15, -0.1) is 0 Å². The van der Waals surface area contributed by atoms with E-state index in [2.05, 4.69) is 31.1 Å². The van der Waals surface area contributed by atoms with E-state index in [1.165, 1.54) is 12.1 Å². The Kier molecular flexibility index (Phi) is 4.36. The summed E-state index contributed by atoms with van der Waals surface area (Å²) in [5.74, 6) is -0.518. The summed E-state index contributed by atoms with van der Waals surface area (Å²) in [6.07, 6.45) is 1.65. The van der Waals surface area contributed by atoms with E-state index in [0.29, 0.717) is 12.2 Å². The third-order valence-electron chi connectivity index (χ3n) is 3.22. The molecule has 0 saturated heterocycles. The smallest absolute Gasteiger partial charge is 0.270 e. The van der Waals surface area contributed by atoms with Gasteiger partial charge in [0, 0.05) is 12.7 Å². The zero-order valence-corrected chi connectivity index (χ0v) is 12.5. The van der Waals surface area contributed by atoms with Gasteiger partial charge in [-0.05, 0) is 40.8 Å². The Morgan fingerprint density at radius 3 is 2.48 bits per heavy atom. The van der Waals surface area contributed by atoms with Gasteiger partial charge in [-0.1, -0.05) is 32.9 Å². The number of carbonyl (C=O) groups is 1. The second-order valence-corrected chi connectivity index (χ2v) is 5.99. The van der Waals surface area contributed by atoms with Crippen LogP contribution < -0.4 is 5.32 Å². The molecule has 0 fully saturated rings. The molecule has 0 aliphatic carbocycles. The molecule has 3 nitrogen and oxygen atoms in total. The van der Waals surface area contributed by atoms with Crippen molar-refractivity contribution in [2.45, 2.75) is 32.7 Å². The van der Waals surface area contributed by atoms with Crippen LogP contribution in [-0.4, -0.2) is 10.9 Å². The van der Waals surface area contributed by atoms with Crippen molar-refractivity contribution in [3.05, 3.63) is 65.2 Å². The van der Waals surface area contributed by atoms with Crippen LogP contribution in [0.4, 0.5) is 4.39 Å². The van der Waals surface area contributed by atoms with Gasteiger partial charge in [-0.25, -0.2) is 4.39 Å². The quantitative estimate of drug-likeness (QED) is 0.939. The molecular weight excluding hydrogens is 267 g/mol. The van der Waals surface area contributed by atoms with Crippen molar-refractivity contribution >= 4 is 5.91 Å². The minimum atomic E-state index is -0.287. The van der Waals surface area contributed by atoms with Gasteiger partial charge in [0.15, 0.2) is 0 Å². The molecule has 0 unspecified atom stereocenters. The number of hydrogen-bond acceptors (Lipinski definition) is 2. The number of hydrogen-bond donors (Lipinski definition) is 1. The van der Waals surface area contributed by atoms with E-state index in [9.17, 15) is 9.18 Å². The van der Waals surface area contributed by atoms with E-state index >= 15 is 0 Å². The fourth-order valence-corrected chi connectivity index (χ4v) is 1.90. The number of halogens is 1. The molecule has 1 aromatic heterocycles. The Labute approximate surface area is 124 Å². The Bertz CT molecular complexity index is 630. The molecule has 0 atom stereocenters. The highest BCUT2D eigenvalue weighted by Crippen LogP contribution is 2.21. The lowest BCUT2D eigenvalue weighted by molar-refractivity contribution is 0.0946. The van der Waals surface area contributed by atoms with Crippen LogP contribution in [0.15, 0.2) is 42.6 Å². The van der Waals surface area contributed by atoms with Crippen LogP contribution in [-0.2, 0) is 12.0 Å². The van der Waals surface area contributed by atoms with Crippen molar-refractivity contribution in [1.29, 1.82) is 0 Å². The summed E-state index contributed by atoms with van der Waals surface area (Å²) >= 11 is 0. The lowest BCUT2D eigenvalue weighted by atomic mass is 9.87. The number of pyridine rings is 1. The molecule has 21 heavy (non-hydrogen) atoms. The molecule has 0 bridgehead atoms. The molecule has 0 aliphatic heterocycles. The Balaban J connectivity index is 2.05. The highest BCUT2D eigenvalue weighted by molar-refractivity contribution is 5.92. The highest BCUT2D eigenvalue weighted by atomic mass is 19.1. The van der Waals surface area contributed by atoms with Crippen LogP contribution in [0.2, 0.25) is 0 Å². The molecule has 4 heteroatoms. The largest absolute Gasteiger partial charge is 0.347 e. The van der Waals surface area contributed by atoms with E-state index in [-0.39, 0.29) is 17.1 Å². The molecule has 0 spiro atoms. The summed E-state index contributed by atoms with van der Waals surface area (Å²) in [6, 6.07) is 9.76. The third-order valence-corrected chi connectivity index (χ3v) is 3.22. The summed E-state index contributed by atoms with van der Waals surface area (Å²) < 4.78 is 12.8. The average molecular weight is 286 g/mol. The zero-order chi connectivity index (χ0) is 15.5. The molecule has 0 radical (unpaired) electrons. The van der Waals surface area contributed by atoms with E-state index < -0.39 is 0 Å². The van der Waals surface area contributed by atoms with Crippen LogP contribution in [0, 0.1) is 5.82 Å². The van der Waals surface area contributed by atoms with Gasteiger partial charge < -0.3 is 5.32 Å². The summed E-state index contributed by atoms with van der Waals surface area (Å²) in [5, 5.41) is 2.79. The average Bonchev–Trinajstić information content (AvgIpc) is 2.45. The van der Waals surface area contributed by atoms with E-state index in [1.807, 2.05) is 6.07 Å². The molecule has 0 aliphatic rings. The normalized spacial score (nSPS) is 11.2. The minimum absolute atomic E-state index is 0.0328. The summed E-state index contributed by atoms with van der Waals surface area (Å²) in [6.45, 7) is 6.61. The lowest BCUT2D eigenvalue weighted by Crippen LogP contribution is -2.24. The van der Waals surface area contributed by atoms with Crippen molar-refractivity contribution < 1.29 is 9.18 Å². The number of nitrogens with zero attached hydrogens (tertiary/aromatic N) is 1. The topological polar surface area (TPSA) is 42.0 Å². The van der Waals surface area contributed by atoms with Gasteiger partial charge in [-0.2, -0.15) is 0 Å². The Morgan fingerprint density at radius 1 is 1.19 bits per heavy atom.